The number of carbonyl (C=O) groups is 6. The zero-order chi connectivity index (χ0) is 48.4. The molecule has 1 saturated heterocycles. The summed E-state index contributed by atoms with van der Waals surface area (Å²) in [5.41, 5.74) is 0.793. The number of carboxylic acids is 2. The van der Waals surface area contributed by atoms with Gasteiger partial charge in [-0.25, -0.2) is 0 Å². The van der Waals surface area contributed by atoms with Crippen molar-refractivity contribution in [3.05, 3.63) is 35.9 Å². The van der Waals surface area contributed by atoms with Gasteiger partial charge in [-0.05, 0) is 56.7 Å². The van der Waals surface area contributed by atoms with Crippen molar-refractivity contribution in [1.29, 1.82) is 0 Å². The molecule has 1 aromatic rings. The fraction of sp³-hybridized carbons (Fsp3) is 0.739. The van der Waals surface area contributed by atoms with Crippen molar-refractivity contribution in [2.75, 3.05) is 68.1 Å². The molecule has 1 aliphatic rings. The molecule has 5 N–H and O–H groups in total. The number of ether oxygens (including phenoxy) is 3. The second kappa shape index (κ2) is 27.3. The molecule has 64 heavy (non-hydrogen) atoms. The lowest BCUT2D eigenvalue weighted by molar-refractivity contribution is -0.150. The number of benzene rings is 1. The Bertz CT molecular complexity index is 1610. The molecule has 1 fully saturated rings. The number of carbonyl (C=O) groups excluding carboxylic acids is 4. The van der Waals surface area contributed by atoms with Crippen LogP contribution < -0.4 is 10.6 Å². The molecule has 10 atom stereocenters. The molecular formula is C46H78N6O12. The fourth-order valence-electron chi connectivity index (χ4n) is 8.83. The van der Waals surface area contributed by atoms with Gasteiger partial charge in [-0.15, -0.1) is 0 Å². The van der Waals surface area contributed by atoms with Gasteiger partial charge in [-0.2, -0.15) is 0 Å². The van der Waals surface area contributed by atoms with Crippen molar-refractivity contribution < 1.29 is 58.3 Å². The smallest absolute Gasteiger partial charge is 0.317 e. The first-order valence-corrected chi connectivity index (χ1v) is 22.5. The third kappa shape index (κ3) is 16.7. The number of aliphatic carboxylic acids is 2. The number of hydrogen-bond donors (Lipinski definition) is 5. The molecule has 18 heteroatoms. The van der Waals surface area contributed by atoms with Gasteiger partial charge in [0.2, 0.25) is 23.6 Å². The summed E-state index contributed by atoms with van der Waals surface area (Å²) in [6, 6.07) is 5.93. The van der Waals surface area contributed by atoms with Crippen molar-refractivity contribution in [3.8, 4) is 0 Å². The summed E-state index contributed by atoms with van der Waals surface area (Å²) in [7, 11) is 8.38. The molecule has 0 aliphatic carbocycles. The zero-order valence-corrected chi connectivity index (χ0v) is 40.2. The van der Waals surface area contributed by atoms with Crippen LogP contribution in [0, 0.1) is 23.7 Å². The number of nitrogens with one attached hydrogen (secondary N) is 2. The normalized spacial score (nSPS) is 18.5. The highest BCUT2D eigenvalue weighted by molar-refractivity contribution is 5.90. The van der Waals surface area contributed by atoms with Crippen molar-refractivity contribution in [2.24, 2.45) is 23.7 Å². The molecule has 18 nitrogen and oxygen atoms in total. The Balaban J connectivity index is 2.30. The monoisotopic (exact) mass is 907 g/mol. The number of amides is 4. The molecule has 1 aliphatic heterocycles. The SMILES string of the molecule is CC[C@H](C)[C@@H]([C@@H](CC(=O)N1CCC[C@H]1[C@H](OC)[C@@H](C)C(=O)N[C@@H](Cc1ccccc1)C(O)OCCN(CC(=O)O)CC(=O)O)OC)N(C)C(=O)[C@@H](NC(=O)[C@H](C(C)C)N(C)C)C(C)C. The van der Waals surface area contributed by atoms with Crippen LogP contribution in [0.3, 0.4) is 0 Å². The Labute approximate surface area is 380 Å². The third-order valence-electron chi connectivity index (χ3n) is 12.3. The summed E-state index contributed by atoms with van der Waals surface area (Å²) in [4.78, 5) is 85.1. The van der Waals surface area contributed by atoms with E-state index in [4.69, 9.17) is 14.2 Å². The summed E-state index contributed by atoms with van der Waals surface area (Å²) in [6.45, 7) is 12.4. The average molecular weight is 907 g/mol. The van der Waals surface area contributed by atoms with Crippen LogP contribution >= 0.6 is 0 Å². The molecule has 1 heterocycles. The number of nitrogens with zero attached hydrogens (tertiary/aromatic N) is 4. The topological polar surface area (TPSA) is 228 Å². The largest absolute Gasteiger partial charge is 0.480 e. The number of likely N-dealkylation sites (tertiary alicyclic amines) is 1. The van der Waals surface area contributed by atoms with E-state index in [2.05, 4.69) is 10.6 Å². The van der Waals surface area contributed by atoms with E-state index in [0.717, 1.165) is 10.5 Å². The molecule has 2 rings (SSSR count). The maximum absolute atomic E-state index is 14.4. The number of methoxy groups -OCH3 is 2. The van der Waals surface area contributed by atoms with Gasteiger partial charge in [-0.1, -0.05) is 85.2 Å². The van der Waals surface area contributed by atoms with Gasteiger partial charge in [0.05, 0.1) is 68.4 Å². The lowest BCUT2D eigenvalue weighted by Crippen LogP contribution is -2.59. The second-order valence-electron chi connectivity index (χ2n) is 18.0. The summed E-state index contributed by atoms with van der Waals surface area (Å²) in [5.74, 6) is -4.72. The standard InChI is InChI=1S/C46H78N6O12/c1-13-30(6)41(50(10)45(60)39(28(2)3)48-44(59)40(29(4)5)49(8)9)35(62-11)25-36(53)52-21-17-20-34(52)42(63-12)31(7)43(58)47-33(24-32-18-15-14-16-19-32)46(61)64-23-22-51(26-37(54)55)27-38(56)57/h14-16,18-19,28-31,33-35,39-42,46,61H,13,17,20-27H2,1-12H3,(H,47,58)(H,48,59)(H,54,55)(H,56,57)/t30-,31+,33-,34-,35+,39-,40-,41-,42+,46?/m0/s1. The lowest BCUT2D eigenvalue weighted by Gasteiger charge is -2.41. The molecule has 0 spiro atoms. The van der Waals surface area contributed by atoms with Crippen molar-refractivity contribution >= 4 is 35.6 Å². The predicted molar refractivity (Wildman–Crippen MR) is 241 cm³/mol. The summed E-state index contributed by atoms with van der Waals surface area (Å²) >= 11 is 0. The van der Waals surface area contributed by atoms with Gasteiger partial charge in [0.15, 0.2) is 6.29 Å². The lowest BCUT2D eigenvalue weighted by atomic mass is 9.89. The van der Waals surface area contributed by atoms with Crippen LogP contribution in [0.1, 0.15) is 79.7 Å². The Kier molecular flexibility index (Phi) is 23.9. The van der Waals surface area contributed by atoms with Crippen LogP contribution in [-0.2, 0) is 49.4 Å². The summed E-state index contributed by atoms with van der Waals surface area (Å²) in [5, 5.41) is 35.5. The first-order valence-electron chi connectivity index (χ1n) is 22.5. The highest BCUT2D eigenvalue weighted by Crippen LogP contribution is 2.30. The first-order chi connectivity index (χ1) is 30.1. The Morgan fingerprint density at radius 2 is 1.47 bits per heavy atom. The van der Waals surface area contributed by atoms with Crippen molar-refractivity contribution in [2.45, 2.75) is 129 Å². The van der Waals surface area contributed by atoms with Gasteiger partial charge in [0, 0.05) is 34.4 Å². The van der Waals surface area contributed by atoms with E-state index in [0.29, 0.717) is 25.8 Å². The highest BCUT2D eigenvalue weighted by Gasteiger charge is 2.43. The quantitative estimate of drug-likeness (QED) is 0.0727. The fourth-order valence-corrected chi connectivity index (χ4v) is 8.83. The molecule has 0 aromatic heterocycles. The predicted octanol–water partition coefficient (Wildman–Crippen LogP) is 2.17. The van der Waals surface area contributed by atoms with Gasteiger partial charge in [0.25, 0.3) is 0 Å². The molecule has 0 radical (unpaired) electrons. The van der Waals surface area contributed by atoms with Crippen LogP contribution in [0.25, 0.3) is 0 Å². The number of likely N-dealkylation sites (N-methyl/N-ethyl adjacent to an activating group) is 2. The van der Waals surface area contributed by atoms with E-state index >= 15 is 0 Å². The van der Waals surface area contributed by atoms with E-state index in [1.807, 2.05) is 90.9 Å². The van der Waals surface area contributed by atoms with Crippen LogP contribution in [0.4, 0.5) is 0 Å². The summed E-state index contributed by atoms with van der Waals surface area (Å²) < 4.78 is 17.7. The van der Waals surface area contributed by atoms with Crippen molar-refractivity contribution in [1.82, 2.24) is 30.2 Å². The number of aliphatic hydroxyl groups excluding tert-OH is 1. The third-order valence-corrected chi connectivity index (χ3v) is 12.3. The maximum atomic E-state index is 14.4. The number of hydrogen-bond acceptors (Lipinski definition) is 12. The average Bonchev–Trinajstić information content (AvgIpc) is 3.71. The molecule has 4 amide bonds. The summed E-state index contributed by atoms with van der Waals surface area (Å²) in [6.07, 6.45) is -0.951. The van der Waals surface area contributed by atoms with E-state index in [1.54, 1.807) is 23.8 Å². The minimum Gasteiger partial charge on any atom is -0.480 e. The molecular weight excluding hydrogens is 829 g/mol. The highest BCUT2D eigenvalue weighted by atomic mass is 16.6. The second-order valence-corrected chi connectivity index (χ2v) is 18.0. The molecule has 0 bridgehead atoms. The van der Waals surface area contributed by atoms with Crippen LogP contribution in [0.15, 0.2) is 30.3 Å². The van der Waals surface area contributed by atoms with E-state index in [1.165, 1.54) is 14.2 Å². The Morgan fingerprint density at radius 1 is 0.859 bits per heavy atom. The van der Waals surface area contributed by atoms with E-state index < -0.39 is 85.6 Å². The van der Waals surface area contributed by atoms with E-state index in [9.17, 15) is 44.1 Å². The molecule has 1 unspecified atom stereocenters. The molecule has 0 saturated carbocycles. The Hall–Kier alpha value is -4.20. The van der Waals surface area contributed by atoms with Crippen LogP contribution in [-0.4, -0.2) is 187 Å². The molecule has 1 aromatic carbocycles. The first kappa shape index (κ1) is 55.9. The molecule has 364 valence electrons. The van der Waals surface area contributed by atoms with E-state index in [-0.39, 0.29) is 61.5 Å². The number of aliphatic hydroxyl groups is 1. The Morgan fingerprint density at radius 3 is 1.97 bits per heavy atom. The van der Waals surface area contributed by atoms with Gasteiger partial charge < -0.3 is 50.0 Å². The minimum atomic E-state index is -1.55. The van der Waals surface area contributed by atoms with Crippen LogP contribution in [0.2, 0.25) is 0 Å². The van der Waals surface area contributed by atoms with Gasteiger partial charge in [0.1, 0.15) is 6.04 Å². The van der Waals surface area contributed by atoms with Gasteiger partial charge >= 0.3 is 11.9 Å². The van der Waals surface area contributed by atoms with Crippen molar-refractivity contribution in [3.63, 3.8) is 0 Å². The van der Waals surface area contributed by atoms with Crippen LogP contribution in [0.5, 0.6) is 0 Å². The maximum Gasteiger partial charge on any atom is 0.317 e. The van der Waals surface area contributed by atoms with Gasteiger partial charge in [-0.3, -0.25) is 38.6 Å². The minimum absolute atomic E-state index is 0.0108. The number of carboxylic acid groups (broad SMARTS) is 2. The number of rotatable bonds is 29. The zero-order valence-electron chi connectivity index (χ0n) is 40.2.